The summed E-state index contributed by atoms with van der Waals surface area (Å²) in [6.07, 6.45) is 0.679. The van der Waals surface area contributed by atoms with Gasteiger partial charge in [-0.05, 0) is 19.1 Å². The maximum absolute atomic E-state index is 11.0. The van der Waals surface area contributed by atoms with Gasteiger partial charge < -0.3 is 5.32 Å². The molecule has 0 aliphatic rings. The van der Waals surface area contributed by atoms with Crippen molar-refractivity contribution in [3.8, 4) is 6.07 Å². The van der Waals surface area contributed by atoms with Crippen molar-refractivity contribution in [2.24, 2.45) is 0 Å². The topological polar surface area (TPSA) is 91.8 Å². The maximum Gasteiger partial charge on any atom is 0.309 e. The Bertz CT molecular complexity index is 675. The first-order chi connectivity index (χ1) is 9.61. The van der Waals surface area contributed by atoms with Gasteiger partial charge in [-0.2, -0.15) is 5.26 Å². The standard InChI is InChI=1S/C13H12N4O2S/c1-9-16-11(8-20-9)5-6-15-12-4-2-3-10(7-14)13(12)17(18)19/h2-4,8,15H,5-6H2,1H3. The van der Waals surface area contributed by atoms with Gasteiger partial charge in [0.05, 0.1) is 15.6 Å². The molecular formula is C13H12N4O2S. The van der Waals surface area contributed by atoms with Gasteiger partial charge in [-0.15, -0.1) is 11.3 Å². The minimum absolute atomic E-state index is 0.0597. The van der Waals surface area contributed by atoms with E-state index >= 15 is 0 Å². The fourth-order valence-corrected chi connectivity index (χ4v) is 2.47. The summed E-state index contributed by atoms with van der Waals surface area (Å²) in [4.78, 5) is 14.8. The lowest BCUT2D eigenvalue weighted by Gasteiger charge is -2.06. The SMILES string of the molecule is Cc1nc(CCNc2cccc(C#N)c2[N+](=O)[O-])cs1. The summed E-state index contributed by atoms with van der Waals surface area (Å²) < 4.78 is 0. The Morgan fingerprint density at radius 3 is 2.95 bits per heavy atom. The molecule has 0 unspecified atom stereocenters. The summed E-state index contributed by atoms with van der Waals surface area (Å²) in [6, 6.07) is 6.50. The summed E-state index contributed by atoms with van der Waals surface area (Å²) in [7, 11) is 0. The molecule has 0 aliphatic carbocycles. The molecule has 6 nitrogen and oxygen atoms in total. The average Bonchev–Trinajstić information content (AvgIpc) is 2.83. The van der Waals surface area contributed by atoms with Crippen LogP contribution in [0.5, 0.6) is 0 Å². The van der Waals surface area contributed by atoms with E-state index in [0.717, 1.165) is 10.7 Å². The zero-order valence-corrected chi connectivity index (χ0v) is 11.6. The third-order valence-corrected chi connectivity index (χ3v) is 3.52. The number of nitro groups is 1. The molecule has 0 saturated heterocycles. The van der Waals surface area contributed by atoms with Gasteiger partial charge in [0.2, 0.25) is 0 Å². The Labute approximate surface area is 119 Å². The third kappa shape index (κ3) is 3.10. The monoisotopic (exact) mass is 288 g/mol. The highest BCUT2D eigenvalue weighted by Gasteiger charge is 2.19. The number of anilines is 1. The van der Waals surface area contributed by atoms with Crippen molar-refractivity contribution in [2.45, 2.75) is 13.3 Å². The molecule has 1 aromatic heterocycles. The molecule has 0 spiro atoms. The van der Waals surface area contributed by atoms with Gasteiger partial charge in [-0.1, -0.05) is 6.07 Å². The fraction of sp³-hybridized carbons (Fsp3) is 0.231. The first-order valence-electron chi connectivity index (χ1n) is 5.94. The van der Waals surface area contributed by atoms with E-state index in [-0.39, 0.29) is 11.3 Å². The maximum atomic E-state index is 11.0. The van der Waals surface area contributed by atoms with Crippen LogP contribution in [0, 0.1) is 28.4 Å². The number of nitro benzene ring substituents is 1. The number of para-hydroxylation sites is 1. The quantitative estimate of drug-likeness (QED) is 0.674. The molecule has 0 atom stereocenters. The number of nitrogens with zero attached hydrogens (tertiary/aromatic N) is 3. The summed E-state index contributed by atoms with van der Waals surface area (Å²) in [6.45, 7) is 2.46. The Kier molecular flexibility index (Phi) is 4.27. The van der Waals surface area contributed by atoms with E-state index in [9.17, 15) is 10.1 Å². The van der Waals surface area contributed by atoms with Crippen LogP contribution in [0.3, 0.4) is 0 Å². The van der Waals surface area contributed by atoms with Crippen LogP contribution in [0.4, 0.5) is 11.4 Å². The Morgan fingerprint density at radius 2 is 2.35 bits per heavy atom. The summed E-state index contributed by atoms with van der Waals surface area (Å²) in [5.74, 6) is 0. The van der Waals surface area contributed by atoms with Gasteiger partial charge >= 0.3 is 5.69 Å². The molecule has 0 radical (unpaired) electrons. The summed E-state index contributed by atoms with van der Waals surface area (Å²) >= 11 is 1.57. The number of aryl methyl sites for hydroxylation is 1. The van der Waals surface area contributed by atoms with Crippen LogP contribution in [0.2, 0.25) is 0 Å². The second-order valence-corrected chi connectivity index (χ2v) is 5.17. The van der Waals surface area contributed by atoms with E-state index in [2.05, 4.69) is 10.3 Å². The molecule has 1 N–H and O–H groups in total. The van der Waals surface area contributed by atoms with Crippen LogP contribution in [-0.2, 0) is 6.42 Å². The van der Waals surface area contributed by atoms with E-state index < -0.39 is 4.92 Å². The molecule has 0 fully saturated rings. The first kappa shape index (κ1) is 14.0. The Morgan fingerprint density at radius 1 is 1.55 bits per heavy atom. The summed E-state index contributed by atoms with van der Waals surface area (Å²) in [5.41, 5.74) is 1.20. The number of hydrogen-bond acceptors (Lipinski definition) is 6. The minimum Gasteiger partial charge on any atom is -0.379 e. The number of benzene rings is 1. The van der Waals surface area contributed by atoms with Crippen molar-refractivity contribution >= 4 is 22.7 Å². The Hall–Kier alpha value is -2.46. The van der Waals surface area contributed by atoms with Crippen molar-refractivity contribution in [3.63, 3.8) is 0 Å². The lowest BCUT2D eigenvalue weighted by Crippen LogP contribution is -2.08. The number of aromatic nitrogens is 1. The Balaban J connectivity index is 2.10. The second kappa shape index (κ2) is 6.12. The van der Waals surface area contributed by atoms with E-state index in [1.165, 1.54) is 6.07 Å². The molecule has 0 saturated carbocycles. The van der Waals surface area contributed by atoms with Gasteiger partial charge in [0.15, 0.2) is 0 Å². The molecule has 102 valence electrons. The molecule has 1 heterocycles. The first-order valence-corrected chi connectivity index (χ1v) is 6.82. The van der Waals surface area contributed by atoms with Crippen LogP contribution >= 0.6 is 11.3 Å². The van der Waals surface area contributed by atoms with E-state index in [1.54, 1.807) is 23.5 Å². The number of thiazole rings is 1. The second-order valence-electron chi connectivity index (χ2n) is 4.11. The van der Waals surface area contributed by atoms with Crippen molar-refractivity contribution in [2.75, 3.05) is 11.9 Å². The number of hydrogen-bond donors (Lipinski definition) is 1. The van der Waals surface area contributed by atoms with E-state index in [1.807, 2.05) is 18.4 Å². The predicted molar refractivity (Wildman–Crippen MR) is 76.9 cm³/mol. The van der Waals surface area contributed by atoms with Crippen LogP contribution in [0.1, 0.15) is 16.3 Å². The van der Waals surface area contributed by atoms with E-state index in [4.69, 9.17) is 5.26 Å². The zero-order valence-electron chi connectivity index (χ0n) is 10.8. The molecule has 7 heteroatoms. The van der Waals surface area contributed by atoms with Gasteiger partial charge in [0, 0.05) is 18.3 Å². The fourth-order valence-electron chi connectivity index (χ4n) is 1.82. The van der Waals surface area contributed by atoms with Crippen molar-refractivity contribution in [3.05, 3.63) is 50.0 Å². The zero-order chi connectivity index (χ0) is 14.5. The predicted octanol–water partition coefficient (Wildman–Crippen LogP) is 2.89. The van der Waals surface area contributed by atoms with Crippen LogP contribution < -0.4 is 5.32 Å². The molecule has 0 bridgehead atoms. The molecular weight excluding hydrogens is 276 g/mol. The largest absolute Gasteiger partial charge is 0.379 e. The third-order valence-electron chi connectivity index (χ3n) is 2.70. The van der Waals surface area contributed by atoms with Crippen molar-refractivity contribution in [1.82, 2.24) is 4.98 Å². The van der Waals surface area contributed by atoms with Crippen molar-refractivity contribution < 1.29 is 4.92 Å². The number of nitrogens with one attached hydrogen (secondary N) is 1. The number of nitriles is 1. The normalized spacial score (nSPS) is 10.0. The van der Waals surface area contributed by atoms with Crippen molar-refractivity contribution in [1.29, 1.82) is 5.26 Å². The molecule has 2 aromatic rings. The lowest BCUT2D eigenvalue weighted by atomic mass is 10.1. The molecule has 0 amide bonds. The van der Waals surface area contributed by atoms with Gasteiger partial charge in [-0.3, -0.25) is 10.1 Å². The summed E-state index contributed by atoms with van der Waals surface area (Å²) in [5, 5.41) is 25.9. The molecule has 2 rings (SSSR count). The van der Waals surface area contributed by atoms with Crippen LogP contribution in [0.15, 0.2) is 23.6 Å². The average molecular weight is 288 g/mol. The van der Waals surface area contributed by atoms with Gasteiger partial charge in [-0.25, -0.2) is 4.98 Å². The van der Waals surface area contributed by atoms with E-state index in [0.29, 0.717) is 18.7 Å². The van der Waals surface area contributed by atoms with Crippen LogP contribution in [-0.4, -0.2) is 16.5 Å². The highest BCUT2D eigenvalue weighted by atomic mass is 32.1. The molecule has 20 heavy (non-hydrogen) atoms. The smallest absolute Gasteiger partial charge is 0.309 e. The minimum atomic E-state index is -0.534. The highest BCUT2D eigenvalue weighted by molar-refractivity contribution is 7.09. The highest BCUT2D eigenvalue weighted by Crippen LogP contribution is 2.27. The number of rotatable bonds is 5. The van der Waals surface area contributed by atoms with Gasteiger partial charge in [0.1, 0.15) is 17.3 Å². The lowest BCUT2D eigenvalue weighted by molar-refractivity contribution is -0.384. The molecule has 0 aliphatic heterocycles. The van der Waals surface area contributed by atoms with Crippen LogP contribution in [0.25, 0.3) is 0 Å². The molecule has 1 aromatic carbocycles. The van der Waals surface area contributed by atoms with Gasteiger partial charge in [0.25, 0.3) is 0 Å².